The van der Waals surface area contributed by atoms with Crippen LogP contribution in [0.1, 0.15) is 37.0 Å². The zero-order valence-corrected chi connectivity index (χ0v) is 17.2. The van der Waals surface area contributed by atoms with Crippen LogP contribution in [-0.4, -0.2) is 43.4 Å². The zero-order valence-electron chi connectivity index (χ0n) is 17.2. The number of amides is 2. The first-order valence-corrected chi connectivity index (χ1v) is 10.0. The van der Waals surface area contributed by atoms with Gasteiger partial charge < -0.3 is 19.7 Å². The number of ether oxygens (including phenoxy) is 2. The van der Waals surface area contributed by atoms with Gasteiger partial charge in [0, 0.05) is 24.6 Å². The number of nitrogens with one attached hydrogen (secondary N) is 1. The number of carbonyl (C=O) groups is 3. The molecule has 1 aliphatic heterocycles. The minimum Gasteiger partial charge on any atom is -0.485 e. The molecule has 0 unspecified atom stereocenters. The molecule has 2 aromatic rings. The summed E-state index contributed by atoms with van der Waals surface area (Å²) in [5.41, 5.74) is 0.978. The molecule has 0 saturated heterocycles. The predicted molar refractivity (Wildman–Crippen MR) is 113 cm³/mol. The Morgan fingerprint density at radius 2 is 1.93 bits per heavy atom. The number of hydrogen-bond donors (Lipinski definition) is 1. The Kier molecular flexibility index (Phi) is 7.06. The lowest BCUT2D eigenvalue weighted by atomic mass is 10.1. The molecule has 2 amide bonds. The second kappa shape index (κ2) is 9.91. The van der Waals surface area contributed by atoms with E-state index >= 15 is 0 Å². The van der Waals surface area contributed by atoms with Gasteiger partial charge in [-0.15, -0.1) is 0 Å². The Balaban J connectivity index is 1.66. The lowest BCUT2D eigenvalue weighted by Gasteiger charge is -2.29. The molecule has 0 aliphatic carbocycles. The van der Waals surface area contributed by atoms with Crippen molar-refractivity contribution in [2.45, 2.75) is 32.7 Å². The highest BCUT2D eigenvalue weighted by Gasteiger charge is 2.26. The number of hydrogen-bond acceptors (Lipinski definition) is 5. The van der Waals surface area contributed by atoms with Crippen LogP contribution in [0.3, 0.4) is 0 Å². The zero-order chi connectivity index (χ0) is 21.5. The quantitative estimate of drug-likeness (QED) is 0.643. The van der Waals surface area contributed by atoms with E-state index < -0.39 is 0 Å². The number of carbonyl (C=O) groups excluding carboxylic acids is 3. The minimum absolute atomic E-state index is 0.0482. The van der Waals surface area contributed by atoms with Crippen LogP contribution in [0, 0.1) is 0 Å². The van der Waals surface area contributed by atoms with E-state index in [1.54, 1.807) is 35.2 Å². The van der Waals surface area contributed by atoms with Crippen molar-refractivity contribution in [2.24, 2.45) is 0 Å². The number of para-hydroxylation sites is 1. The second-order valence-electron chi connectivity index (χ2n) is 7.37. The van der Waals surface area contributed by atoms with Gasteiger partial charge in [0.2, 0.25) is 5.91 Å². The number of anilines is 1. The summed E-state index contributed by atoms with van der Waals surface area (Å²) in [6, 6.07) is 14.2. The molecule has 1 aliphatic rings. The van der Waals surface area contributed by atoms with Crippen LogP contribution in [0.5, 0.6) is 11.5 Å². The number of fused-ring (bicyclic) bond motifs is 1. The van der Waals surface area contributed by atoms with Gasteiger partial charge >= 0.3 is 0 Å². The van der Waals surface area contributed by atoms with Crippen molar-refractivity contribution in [2.75, 3.05) is 24.7 Å². The maximum absolute atomic E-state index is 12.6. The van der Waals surface area contributed by atoms with Crippen LogP contribution in [0.25, 0.3) is 0 Å². The van der Waals surface area contributed by atoms with Gasteiger partial charge in [0.15, 0.2) is 19.0 Å². The van der Waals surface area contributed by atoms with Crippen molar-refractivity contribution in [3.05, 3.63) is 54.1 Å². The molecule has 3 rings (SSSR count). The molecular weight excluding hydrogens is 384 g/mol. The van der Waals surface area contributed by atoms with Crippen LogP contribution in [-0.2, 0) is 9.59 Å². The third-order valence-electron chi connectivity index (χ3n) is 4.57. The maximum atomic E-state index is 12.6. The second-order valence-corrected chi connectivity index (χ2v) is 7.37. The molecule has 7 nitrogen and oxygen atoms in total. The summed E-state index contributed by atoms with van der Waals surface area (Å²) in [6.07, 6.45) is 0.834. The highest BCUT2D eigenvalue weighted by molar-refractivity contribution is 6.02. The van der Waals surface area contributed by atoms with E-state index in [0.29, 0.717) is 42.1 Å². The summed E-state index contributed by atoms with van der Waals surface area (Å²) >= 11 is 0. The summed E-state index contributed by atoms with van der Waals surface area (Å²) < 4.78 is 11.0. The minimum atomic E-state index is -0.198. The normalized spacial score (nSPS) is 12.9. The Morgan fingerprint density at radius 1 is 1.17 bits per heavy atom. The molecule has 1 heterocycles. The van der Waals surface area contributed by atoms with Crippen molar-refractivity contribution in [1.82, 2.24) is 5.32 Å². The fourth-order valence-corrected chi connectivity index (χ4v) is 3.16. The third kappa shape index (κ3) is 5.59. The topological polar surface area (TPSA) is 84.9 Å². The lowest BCUT2D eigenvalue weighted by molar-refractivity contribution is -0.123. The van der Waals surface area contributed by atoms with Crippen LogP contribution in [0.4, 0.5) is 5.69 Å². The molecule has 7 heteroatoms. The molecule has 0 atom stereocenters. The van der Waals surface area contributed by atoms with Crippen molar-refractivity contribution in [3.8, 4) is 11.5 Å². The van der Waals surface area contributed by atoms with Crippen LogP contribution in [0.15, 0.2) is 48.5 Å². The number of Topliss-reactive ketones (excluding diaryl/α,β-unsaturated/α-hetero) is 1. The Hall–Kier alpha value is -3.35. The average Bonchev–Trinajstić information content (AvgIpc) is 2.73. The summed E-state index contributed by atoms with van der Waals surface area (Å²) in [7, 11) is 0. The first-order chi connectivity index (χ1) is 14.4. The molecule has 0 aromatic heterocycles. The standard InChI is InChI=1S/C23H26N2O5/c1-16(2)24-22(27)9-6-12-25-19-13-17(10-11-21(19)30-15-23(25)28)20(26)14-29-18-7-4-3-5-8-18/h3-5,7-8,10-11,13,16H,6,9,12,14-15H2,1-2H3,(H,24,27). The highest BCUT2D eigenvalue weighted by atomic mass is 16.5. The summed E-state index contributed by atoms with van der Waals surface area (Å²) in [5.74, 6) is 0.714. The Labute approximate surface area is 176 Å². The highest BCUT2D eigenvalue weighted by Crippen LogP contribution is 2.33. The fraction of sp³-hybridized carbons (Fsp3) is 0.348. The van der Waals surface area contributed by atoms with Gasteiger partial charge in [-0.05, 0) is 50.6 Å². The smallest absolute Gasteiger partial charge is 0.265 e. The molecule has 30 heavy (non-hydrogen) atoms. The first-order valence-electron chi connectivity index (χ1n) is 10.0. The van der Waals surface area contributed by atoms with E-state index in [4.69, 9.17) is 9.47 Å². The van der Waals surface area contributed by atoms with E-state index in [0.717, 1.165) is 0 Å². The van der Waals surface area contributed by atoms with Gasteiger partial charge in [0.25, 0.3) is 5.91 Å². The van der Waals surface area contributed by atoms with Gasteiger partial charge in [-0.25, -0.2) is 0 Å². The average molecular weight is 410 g/mol. The monoisotopic (exact) mass is 410 g/mol. The van der Waals surface area contributed by atoms with Crippen LogP contribution < -0.4 is 19.7 Å². The number of nitrogens with zero attached hydrogens (tertiary/aromatic N) is 1. The lowest BCUT2D eigenvalue weighted by Crippen LogP contribution is -2.40. The SMILES string of the molecule is CC(C)NC(=O)CCCN1C(=O)COc2ccc(C(=O)COc3ccccc3)cc21. The van der Waals surface area contributed by atoms with E-state index in [2.05, 4.69) is 5.32 Å². The van der Waals surface area contributed by atoms with Gasteiger partial charge in [0.05, 0.1) is 5.69 Å². The molecule has 0 fully saturated rings. The van der Waals surface area contributed by atoms with E-state index in [-0.39, 0.29) is 36.9 Å². The van der Waals surface area contributed by atoms with Crippen LogP contribution in [0.2, 0.25) is 0 Å². The number of rotatable bonds is 9. The maximum Gasteiger partial charge on any atom is 0.265 e. The van der Waals surface area contributed by atoms with Crippen molar-refractivity contribution in [1.29, 1.82) is 0 Å². The molecular formula is C23H26N2O5. The third-order valence-corrected chi connectivity index (χ3v) is 4.57. The van der Waals surface area contributed by atoms with E-state index in [9.17, 15) is 14.4 Å². The van der Waals surface area contributed by atoms with Gasteiger partial charge in [-0.1, -0.05) is 18.2 Å². The van der Waals surface area contributed by atoms with Crippen molar-refractivity contribution in [3.63, 3.8) is 0 Å². The number of benzene rings is 2. The van der Waals surface area contributed by atoms with Crippen molar-refractivity contribution >= 4 is 23.3 Å². The molecule has 0 saturated carbocycles. The predicted octanol–water partition coefficient (Wildman–Crippen LogP) is 2.98. The Morgan fingerprint density at radius 3 is 2.67 bits per heavy atom. The molecule has 1 N–H and O–H groups in total. The Bertz CT molecular complexity index is 911. The van der Waals surface area contributed by atoms with Gasteiger partial charge in [-0.2, -0.15) is 0 Å². The fourth-order valence-electron chi connectivity index (χ4n) is 3.16. The number of ketones is 1. The van der Waals surface area contributed by atoms with Crippen LogP contribution >= 0.6 is 0 Å². The molecule has 0 bridgehead atoms. The largest absolute Gasteiger partial charge is 0.485 e. The van der Waals surface area contributed by atoms with E-state index in [1.165, 1.54) is 0 Å². The molecule has 0 spiro atoms. The van der Waals surface area contributed by atoms with E-state index in [1.807, 2.05) is 32.0 Å². The molecule has 158 valence electrons. The molecule has 2 aromatic carbocycles. The van der Waals surface area contributed by atoms with Gasteiger partial charge in [-0.3, -0.25) is 14.4 Å². The summed E-state index contributed by atoms with van der Waals surface area (Å²) in [5, 5.41) is 2.84. The molecule has 0 radical (unpaired) electrons. The summed E-state index contributed by atoms with van der Waals surface area (Å²) in [6.45, 7) is 4.01. The van der Waals surface area contributed by atoms with Gasteiger partial charge in [0.1, 0.15) is 11.5 Å². The summed E-state index contributed by atoms with van der Waals surface area (Å²) in [4.78, 5) is 38.4. The first kappa shape index (κ1) is 21.4. The van der Waals surface area contributed by atoms with Crippen molar-refractivity contribution < 1.29 is 23.9 Å².